The molecule has 0 bridgehead atoms. The number of thioether (sulfide) groups is 1. The van der Waals surface area contributed by atoms with Crippen LogP contribution < -0.4 is 11.1 Å². The summed E-state index contributed by atoms with van der Waals surface area (Å²) in [6, 6.07) is 5.52. The molecule has 21 heavy (non-hydrogen) atoms. The Balaban J connectivity index is 2.85. The van der Waals surface area contributed by atoms with Gasteiger partial charge in [0.1, 0.15) is 0 Å². The summed E-state index contributed by atoms with van der Waals surface area (Å²) in [6.45, 7) is 12.3. The number of anilines is 1. The average molecular weight is 308 g/mol. The van der Waals surface area contributed by atoms with Crippen molar-refractivity contribution in [2.24, 2.45) is 11.1 Å². The van der Waals surface area contributed by atoms with E-state index in [0.29, 0.717) is 5.25 Å². The summed E-state index contributed by atoms with van der Waals surface area (Å²) >= 11 is 1.90. The van der Waals surface area contributed by atoms with E-state index in [0.717, 1.165) is 17.0 Å². The van der Waals surface area contributed by atoms with E-state index in [1.54, 1.807) is 0 Å². The van der Waals surface area contributed by atoms with Crippen LogP contribution in [0, 0.1) is 12.3 Å². The van der Waals surface area contributed by atoms with Crippen LogP contribution in [-0.2, 0) is 10.5 Å². The first-order valence-electron chi connectivity index (χ1n) is 7.39. The van der Waals surface area contributed by atoms with Crippen LogP contribution in [0.4, 0.5) is 5.69 Å². The van der Waals surface area contributed by atoms with E-state index in [4.69, 9.17) is 5.73 Å². The second kappa shape index (κ2) is 7.32. The van der Waals surface area contributed by atoms with Crippen molar-refractivity contribution in [3.63, 3.8) is 0 Å². The van der Waals surface area contributed by atoms with E-state index >= 15 is 0 Å². The maximum Gasteiger partial charge on any atom is 0.241 e. The third-order valence-corrected chi connectivity index (χ3v) is 4.64. The monoisotopic (exact) mass is 308 g/mol. The number of rotatable bonds is 5. The van der Waals surface area contributed by atoms with Gasteiger partial charge in [0.25, 0.3) is 0 Å². The number of nitrogens with one attached hydrogen (secondary N) is 1. The highest BCUT2D eigenvalue weighted by Gasteiger charge is 2.27. The Morgan fingerprint density at radius 2 is 1.95 bits per heavy atom. The smallest absolute Gasteiger partial charge is 0.241 e. The van der Waals surface area contributed by atoms with Crippen molar-refractivity contribution in [1.82, 2.24) is 0 Å². The van der Waals surface area contributed by atoms with Crippen LogP contribution in [-0.4, -0.2) is 17.2 Å². The molecule has 0 aliphatic carbocycles. The lowest BCUT2D eigenvalue weighted by atomic mass is 9.87. The highest BCUT2D eigenvalue weighted by atomic mass is 32.2. The van der Waals surface area contributed by atoms with Gasteiger partial charge in [-0.2, -0.15) is 11.8 Å². The van der Waals surface area contributed by atoms with Crippen molar-refractivity contribution in [3.8, 4) is 0 Å². The summed E-state index contributed by atoms with van der Waals surface area (Å²) < 4.78 is 0. The molecule has 0 spiro atoms. The second-order valence-electron chi connectivity index (χ2n) is 6.78. The van der Waals surface area contributed by atoms with Gasteiger partial charge < -0.3 is 11.1 Å². The fourth-order valence-electron chi connectivity index (χ4n) is 1.84. The van der Waals surface area contributed by atoms with Crippen molar-refractivity contribution in [2.45, 2.75) is 58.6 Å². The van der Waals surface area contributed by atoms with Gasteiger partial charge in [0, 0.05) is 11.4 Å². The maximum absolute atomic E-state index is 12.2. The van der Waals surface area contributed by atoms with E-state index in [-0.39, 0.29) is 11.3 Å². The molecule has 3 nitrogen and oxygen atoms in total. The third kappa shape index (κ3) is 5.36. The van der Waals surface area contributed by atoms with Crippen LogP contribution in [0.1, 0.15) is 45.7 Å². The quantitative estimate of drug-likeness (QED) is 0.866. The Morgan fingerprint density at radius 1 is 1.33 bits per heavy atom. The molecule has 1 atom stereocenters. The van der Waals surface area contributed by atoms with Gasteiger partial charge in [-0.15, -0.1) is 0 Å². The number of amides is 1. The zero-order valence-electron chi connectivity index (χ0n) is 14.0. The van der Waals surface area contributed by atoms with Gasteiger partial charge in [-0.3, -0.25) is 4.79 Å². The van der Waals surface area contributed by atoms with Crippen LogP contribution in [0.2, 0.25) is 0 Å². The molecule has 3 N–H and O–H groups in total. The minimum Gasteiger partial charge on any atom is -0.324 e. The molecule has 0 heterocycles. The predicted octanol–water partition coefficient (Wildman–Crippen LogP) is 3.95. The molecule has 118 valence electrons. The van der Waals surface area contributed by atoms with E-state index in [1.165, 1.54) is 5.56 Å². The van der Waals surface area contributed by atoms with Gasteiger partial charge >= 0.3 is 0 Å². The van der Waals surface area contributed by atoms with E-state index in [2.05, 4.69) is 32.2 Å². The number of nitrogens with two attached hydrogens (primary N) is 1. The van der Waals surface area contributed by atoms with Gasteiger partial charge in [0.15, 0.2) is 0 Å². The molecular formula is C17H28N2OS. The standard InChI is InChI=1S/C17H28N2OS/c1-11(2)21-10-13-8-7-9-14(12(13)3)19-16(20)15(18)17(4,5)6/h7-9,11,15H,10,18H2,1-6H3,(H,19,20)/t15-/m1/s1. The molecule has 1 aromatic carbocycles. The summed E-state index contributed by atoms with van der Waals surface area (Å²) in [6.07, 6.45) is 0. The maximum atomic E-state index is 12.2. The first kappa shape index (κ1) is 18.1. The summed E-state index contributed by atoms with van der Waals surface area (Å²) in [4.78, 5) is 12.2. The Kier molecular flexibility index (Phi) is 6.29. The molecular weight excluding hydrogens is 280 g/mol. The number of benzene rings is 1. The summed E-state index contributed by atoms with van der Waals surface area (Å²) in [5.74, 6) is 0.831. The molecule has 0 aliphatic rings. The van der Waals surface area contributed by atoms with Gasteiger partial charge in [-0.1, -0.05) is 46.8 Å². The van der Waals surface area contributed by atoms with Crippen LogP contribution in [0.15, 0.2) is 18.2 Å². The molecule has 0 saturated carbocycles. The van der Waals surface area contributed by atoms with Gasteiger partial charge in [-0.05, 0) is 34.8 Å². The average Bonchev–Trinajstić information content (AvgIpc) is 2.37. The minimum absolute atomic E-state index is 0.126. The lowest BCUT2D eigenvalue weighted by Crippen LogP contribution is -2.45. The molecule has 1 aromatic rings. The Hall–Kier alpha value is -1.00. The van der Waals surface area contributed by atoms with Crippen molar-refractivity contribution in [1.29, 1.82) is 0 Å². The third-order valence-electron chi connectivity index (χ3n) is 3.49. The fourth-order valence-corrected chi connectivity index (χ4v) is 2.66. The highest BCUT2D eigenvalue weighted by Crippen LogP contribution is 2.26. The van der Waals surface area contributed by atoms with Crippen LogP contribution in [0.3, 0.4) is 0 Å². The van der Waals surface area contributed by atoms with Crippen LogP contribution >= 0.6 is 11.8 Å². The predicted molar refractivity (Wildman–Crippen MR) is 93.7 cm³/mol. The summed E-state index contributed by atoms with van der Waals surface area (Å²) in [5.41, 5.74) is 9.01. The molecule has 0 unspecified atom stereocenters. The molecule has 4 heteroatoms. The van der Waals surface area contributed by atoms with Crippen LogP contribution in [0.5, 0.6) is 0 Å². The van der Waals surface area contributed by atoms with Crippen molar-refractivity contribution in [3.05, 3.63) is 29.3 Å². The Bertz CT molecular complexity index is 492. The molecule has 0 aliphatic heterocycles. The topological polar surface area (TPSA) is 55.1 Å². The number of carbonyl (C=O) groups excluding carboxylic acids is 1. The van der Waals surface area contributed by atoms with Crippen molar-refractivity contribution in [2.75, 3.05) is 5.32 Å². The van der Waals surface area contributed by atoms with E-state index in [9.17, 15) is 4.79 Å². The SMILES string of the molecule is Cc1c(CSC(C)C)cccc1NC(=O)[C@@H](N)C(C)(C)C. The molecule has 1 amide bonds. The highest BCUT2D eigenvalue weighted by molar-refractivity contribution is 7.99. The number of carbonyl (C=O) groups is 1. The Morgan fingerprint density at radius 3 is 2.48 bits per heavy atom. The summed E-state index contributed by atoms with van der Waals surface area (Å²) in [5, 5.41) is 3.57. The Labute approximate surface area is 133 Å². The van der Waals surface area contributed by atoms with E-state index in [1.807, 2.05) is 44.7 Å². The second-order valence-corrected chi connectivity index (χ2v) is 8.35. The first-order valence-corrected chi connectivity index (χ1v) is 8.44. The van der Waals surface area contributed by atoms with Gasteiger partial charge in [-0.25, -0.2) is 0 Å². The largest absolute Gasteiger partial charge is 0.324 e. The molecule has 0 radical (unpaired) electrons. The fraction of sp³-hybridized carbons (Fsp3) is 0.588. The lowest BCUT2D eigenvalue weighted by molar-refractivity contribution is -0.119. The minimum atomic E-state index is -0.523. The molecule has 0 fully saturated rings. The van der Waals surface area contributed by atoms with Gasteiger partial charge in [0.05, 0.1) is 6.04 Å². The van der Waals surface area contributed by atoms with Crippen molar-refractivity contribution >= 4 is 23.4 Å². The first-order chi connectivity index (χ1) is 9.62. The van der Waals surface area contributed by atoms with Crippen molar-refractivity contribution < 1.29 is 4.79 Å². The molecule has 0 aromatic heterocycles. The number of hydrogen-bond donors (Lipinski definition) is 2. The molecule has 0 saturated heterocycles. The van der Waals surface area contributed by atoms with E-state index < -0.39 is 6.04 Å². The lowest BCUT2D eigenvalue weighted by Gasteiger charge is -2.26. The molecule has 1 rings (SSSR count). The van der Waals surface area contributed by atoms with Gasteiger partial charge in [0.2, 0.25) is 5.91 Å². The zero-order valence-corrected chi connectivity index (χ0v) is 14.8. The summed E-state index contributed by atoms with van der Waals surface area (Å²) in [7, 11) is 0. The van der Waals surface area contributed by atoms with Crippen LogP contribution in [0.25, 0.3) is 0 Å². The number of hydrogen-bond acceptors (Lipinski definition) is 3. The normalized spacial score (nSPS) is 13.3. The zero-order chi connectivity index (χ0) is 16.2.